The van der Waals surface area contributed by atoms with Crippen LogP contribution in [0.15, 0.2) is 60.8 Å². The van der Waals surface area contributed by atoms with Gasteiger partial charge in [0.05, 0.1) is 11.1 Å². The average Bonchev–Trinajstić information content (AvgIpc) is 2.60. The van der Waals surface area contributed by atoms with Gasteiger partial charge < -0.3 is 5.32 Å². The standard InChI is InChI=1S/C24H28N2O/c1-17(2)14-24(4,15-19-8-6-5-7-9-19)26-23(27)21-13-20-12-18(3)10-11-22(20)25-16-21/h5-13,16-17H,14-15H2,1-4H3,(H,26,27). The number of benzene rings is 2. The summed E-state index contributed by atoms with van der Waals surface area (Å²) in [5.74, 6) is 0.418. The molecule has 1 amide bonds. The molecule has 0 radical (unpaired) electrons. The maximum atomic E-state index is 13.0. The van der Waals surface area contributed by atoms with Gasteiger partial charge in [0.2, 0.25) is 0 Å². The predicted octanol–water partition coefficient (Wildman–Crippen LogP) is 5.32. The molecule has 0 fully saturated rings. The summed E-state index contributed by atoms with van der Waals surface area (Å²) in [5.41, 5.74) is 3.60. The van der Waals surface area contributed by atoms with Crippen molar-refractivity contribution in [3.63, 3.8) is 0 Å². The number of carbonyl (C=O) groups is 1. The minimum atomic E-state index is -0.311. The molecule has 140 valence electrons. The monoisotopic (exact) mass is 360 g/mol. The molecule has 3 aromatic rings. The molecule has 0 bridgehead atoms. The van der Waals surface area contributed by atoms with Crippen molar-refractivity contribution in [2.45, 2.75) is 46.1 Å². The SMILES string of the molecule is Cc1ccc2ncc(C(=O)NC(C)(Cc3ccccc3)CC(C)C)cc2c1. The summed E-state index contributed by atoms with van der Waals surface area (Å²) in [6.07, 6.45) is 3.39. The molecule has 0 spiro atoms. The maximum Gasteiger partial charge on any atom is 0.253 e. The fourth-order valence-corrected chi connectivity index (χ4v) is 3.84. The van der Waals surface area contributed by atoms with Crippen molar-refractivity contribution in [1.29, 1.82) is 0 Å². The van der Waals surface area contributed by atoms with Crippen LogP contribution in [0.5, 0.6) is 0 Å². The van der Waals surface area contributed by atoms with Gasteiger partial charge in [0.25, 0.3) is 5.91 Å². The molecular weight excluding hydrogens is 332 g/mol. The van der Waals surface area contributed by atoms with Crippen LogP contribution in [0.4, 0.5) is 0 Å². The summed E-state index contributed by atoms with van der Waals surface area (Å²) < 4.78 is 0. The largest absolute Gasteiger partial charge is 0.346 e. The number of pyridine rings is 1. The topological polar surface area (TPSA) is 42.0 Å². The summed E-state index contributed by atoms with van der Waals surface area (Å²) in [4.78, 5) is 17.5. The molecule has 0 aliphatic carbocycles. The first kappa shape index (κ1) is 19.1. The van der Waals surface area contributed by atoms with Gasteiger partial charge in [-0.25, -0.2) is 0 Å². The van der Waals surface area contributed by atoms with Gasteiger partial charge in [-0.3, -0.25) is 9.78 Å². The molecule has 0 aliphatic heterocycles. The highest BCUT2D eigenvalue weighted by Crippen LogP contribution is 2.23. The zero-order chi connectivity index (χ0) is 19.4. The van der Waals surface area contributed by atoms with Crippen LogP contribution in [-0.4, -0.2) is 16.4 Å². The van der Waals surface area contributed by atoms with Gasteiger partial charge >= 0.3 is 0 Å². The summed E-state index contributed by atoms with van der Waals surface area (Å²) in [6.45, 7) is 8.56. The van der Waals surface area contributed by atoms with Gasteiger partial charge in [-0.2, -0.15) is 0 Å². The smallest absolute Gasteiger partial charge is 0.253 e. The minimum Gasteiger partial charge on any atom is -0.346 e. The van der Waals surface area contributed by atoms with E-state index in [2.05, 4.69) is 49.3 Å². The quantitative estimate of drug-likeness (QED) is 0.646. The lowest BCUT2D eigenvalue weighted by Gasteiger charge is -2.33. The van der Waals surface area contributed by atoms with Crippen molar-refractivity contribution in [1.82, 2.24) is 10.3 Å². The predicted molar refractivity (Wildman–Crippen MR) is 112 cm³/mol. The number of amides is 1. The third kappa shape index (κ3) is 4.94. The Balaban J connectivity index is 1.85. The number of hydrogen-bond donors (Lipinski definition) is 1. The van der Waals surface area contributed by atoms with Crippen molar-refractivity contribution in [2.24, 2.45) is 5.92 Å². The van der Waals surface area contributed by atoms with Crippen molar-refractivity contribution in [3.8, 4) is 0 Å². The first-order valence-corrected chi connectivity index (χ1v) is 9.57. The van der Waals surface area contributed by atoms with E-state index < -0.39 is 0 Å². The fraction of sp³-hybridized carbons (Fsp3) is 0.333. The summed E-state index contributed by atoms with van der Waals surface area (Å²) in [6, 6.07) is 18.4. The van der Waals surface area contributed by atoms with Crippen molar-refractivity contribution in [2.75, 3.05) is 0 Å². The Morgan fingerprint density at radius 1 is 1.11 bits per heavy atom. The van der Waals surface area contributed by atoms with E-state index in [9.17, 15) is 4.79 Å². The minimum absolute atomic E-state index is 0.0648. The molecule has 1 heterocycles. The lowest BCUT2D eigenvalue weighted by molar-refractivity contribution is 0.0894. The van der Waals surface area contributed by atoms with Crippen LogP contribution < -0.4 is 5.32 Å². The number of aryl methyl sites for hydroxylation is 1. The van der Waals surface area contributed by atoms with Crippen LogP contribution in [0.25, 0.3) is 10.9 Å². The number of aromatic nitrogens is 1. The third-order valence-corrected chi connectivity index (χ3v) is 4.81. The van der Waals surface area contributed by atoms with E-state index in [0.29, 0.717) is 11.5 Å². The Hall–Kier alpha value is -2.68. The van der Waals surface area contributed by atoms with Crippen molar-refractivity contribution in [3.05, 3.63) is 77.5 Å². The summed E-state index contributed by atoms with van der Waals surface area (Å²) in [5, 5.41) is 4.29. The van der Waals surface area contributed by atoms with E-state index >= 15 is 0 Å². The molecular formula is C24H28N2O. The molecule has 0 saturated heterocycles. The van der Waals surface area contributed by atoms with Gasteiger partial charge in [0, 0.05) is 17.1 Å². The Morgan fingerprint density at radius 2 is 1.85 bits per heavy atom. The van der Waals surface area contributed by atoms with Crippen LogP contribution >= 0.6 is 0 Å². The number of hydrogen-bond acceptors (Lipinski definition) is 2. The Bertz CT molecular complexity index is 934. The highest BCUT2D eigenvalue weighted by atomic mass is 16.1. The molecule has 0 saturated carbocycles. The first-order chi connectivity index (χ1) is 12.8. The van der Waals surface area contributed by atoms with E-state index in [1.807, 2.05) is 43.3 Å². The second kappa shape index (κ2) is 7.91. The molecule has 1 aromatic heterocycles. The highest BCUT2D eigenvalue weighted by Gasteiger charge is 2.28. The molecule has 1 unspecified atom stereocenters. The molecule has 2 aromatic carbocycles. The van der Waals surface area contributed by atoms with E-state index in [4.69, 9.17) is 0 Å². The zero-order valence-corrected chi connectivity index (χ0v) is 16.6. The molecule has 27 heavy (non-hydrogen) atoms. The van der Waals surface area contributed by atoms with Crippen LogP contribution in [0.3, 0.4) is 0 Å². The van der Waals surface area contributed by atoms with E-state index in [-0.39, 0.29) is 11.4 Å². The lowest BCUT2D eigenvalue weighted by atomic mass is 9.84. The molecule has 0 aliphatic rings. The number of carbonyl (C=O) groups excluding carboxylic acids is 1. The van der Waals surface area contributed by atoms with Gasteiger partial charge in [0.1, 0.15) is 0 Å². The number of nitrogens with zero attached hydrogens (tertiary/aromatic N) is 1. The molecule has 3 heteroatoms. The summed E-state index contributed by atoms with van der Waals surface area (Å²) in [7, 11) is 0. The summed E-state index contributed by atoms with van der Waals surface area (Å²) >= 11 is 0. The Kier molecular flexibility index (Phi) is 5.59. The van der Waals surface area contributed by atoms with Gasteiger partial charge in [-0.15, -0.1) is 0 Å². The van der Waals surface area contributed by atoms with E-state index in [1.165, 1.54) is 5.56 Å². The third-order valence-electron chi connectivity index (χ3n) is 4.81. The first-order valence-electron chi connectivity index (χ1n) is 9.57. The fourth-order valence-electron chi connectivity index (χ4n) is 3.84. The van der Waals surface area contributed by atoms with Crippen molar-refractivity contribution >= 4 is 16.8 Å². The van der Waals surface area contributed by atoms with Crippen molar-refractivity contribution < 1.29 is 4.79 Å². The van der Waals surface area contributed by atoms with E-state index in [0.717, 1.165) is 29.3 Å². The highest BCUT2D eigenvalue weighted by molar-refractivity contribution is 5.97. The zero-order valence-electron chi connectivity index (χ0n) is 16.6. The maximum absolute atomic E-state index is 13.0. The average molecular weight is 361 g/mol. The molecule has 3 rings (SSSR count). The van der Waals surface area contributed by atoms with Crippen LogP contribution in [-0.2, 0) is 6.42 Å². The number of fused-ring (bicyclic) bond motifs is 1. The van der Waals surface area contributed by atoms with Crippen LogP contribution in [0, 0.1) is 12.8 Å². The van der Waals surface area contributed by atoms with Crippen LogP contribution in [0.1, 0.15) is 48.7 Å². The van der Waals surface area contributed by atoms with Gasteiger partial charge in [-0.1, -0.05) is 55.8 Å². The second-order valence-electron chi connectivity index (χ2n) is 8.20. The Morgan fingerprint density at radius 3 is 2.56 bits per heavy atom. The number of rotatable bonds is 6. The van der Waals surface area contributed by atoms with Gasteiger partial charge in [-0.05, 0) is 56.4 Å². The van der Waals surface area contributed by atoms with Gasteiger partial charge in [0.15, 0.2) is 0 Å². The molecule has 1 N–H and O–H groups in total. The number of nitrogens with one attached hydrogen (secondary N) is 1. The molecule has 3 nitrogen and oxygen atoms in total. The Labute approximate surface area is 161 Å². The lowest BCUT2D eigenvalue weighted by Crippen LogP contribution is -2.48. The van der Waals surface area contributed by atoms with E-state index in [1.54, 1.807) is 6.20 Å². The second-order valence-corrected chi connectivity index (χ2v) is 8.20. The molecule has 1 atom stereocenters. The normalized spacial score (nSPS) is 13.5. The van der Waals surface area contributed by atoms with Crippen LogP contribution in [0.2, 0.25) is 0 Å².